The standard InChI is InChI=1S/C22H26N4O/c1-4-18-21(26-11-6-5-10-20(26)23-18)22(27)25-14-12-24(13-15-25)19-9-7-8-16(2)17(19)3/h5-11H,4,12-15H2,1-3H3. The number of pyridine rings is 1. The van der Waals surface area contributed by atoms with Crippen molar-refractivity contribution in [2.24, 2.45) is 0 Å². The van der Waals surface area contributed by atoms with Gasteiger partial charge in [0.05, 0.1) is 5.69 Å². The van der Waals surface area contributed by atoms with Crippen LogP contribution >= 0.6 is 0 Å². The molecular weight excluding hydrogens is 336 g/mol. The van der Waals surface area contributed by atoms with Crippen LogP contribution in [0.15, 0.2) is 42.6 Å². The molecule has 0 spiro atoms. The molecule has 1 aromatic carbocycles. The largest absolute Gasteiger partial charge is 0.368 e. The number of nitrogens with zero attached hydrogens (tertiary/aromatic N) is 4. The summed E-state index contributed by atoms with van der Waals surface area (Å²) in [5.41, 5.74) is 6.35. The van der Waals surface area contributed by atoms with Gasteiger partial charge in [0.2, 0.25) is 0 Å². The third-order valence-electron chi connectivity index (χ3n) is 5.62. The minimum Gasteiger partial charge on any atom is -0.368 e. The minimum absolute atomic E-state index is 0.0890. The van der Waals surface area contributed by atoms with Gasteiger partial charge in [-0.25, -0.2) is 4.98 Å². The van der Waals surface area contributed by atoms with Crippen LogP contribution in [0.4, 0.5) is 5.69 Å². The first kappa shape index (κ1) is 17.6. The lowest BCUT2D eigenvalue weighted by Crippen LogP contribution is -2.49. The Hall–Kier alpha value is -2.82. The second kappa shape index (κ2) is 7.06. The number of hydrogen-bond acceptors (Lipinski definition) is 3. The highest BCUT2D eigenvalue weighted by molar-refractivity contribution is 5.95. The summed E-state index contributed by atoms with van der Waals surface area (Å²) in [6.45, 7) is 9.55. The van der Waals surface area contributed by atoms with Crippen molar-refractivity contribution in [3.63, 3.8) is 0 Å². The van der Waals surface area contributed by atoms with Gasteiger partial charge in [0.1, 0.15) is 11.3 Å². The van der Waals surface area contributed by atoms with Crippen molar-refractivity contribution in [1.82, 2.24) is 14.3 Å². The molecule has 0 atom stereocenters. The highest BCUT2D eigenvalue weighted by atomic mass is 16.2. The Morgan fingerprint density at radius 1 is 1.04 bits per heavy atom. The number of rotatable bonds is 3. The zero-order valence-corrected chi connectivity index (χ0v) is 16.3. The summed E-state index contributed by atoms with van der Waals surface area (Å²) in [6.07, 6.45) is 2.69. The molecule has 27 heavy (non-hydrogen) atoms. The zero-order chi connectivity index (χ0) is 19.0. The SMILES string of the molecule is CCc1nc2ccccn2c1C(=O)N1CCN(c2cccc(C)c2C)CC1. The van der Waals surface area contributed by atoms with Crippen LogP contribution in [0.2, 0.25) is 0 Å². The number of piperazine rings is 1. The van der Waals surface area contributed by atoms with E-state index in [2.05, 4.69) is 48.9 Å². The minimum atomic E-state index is 0.0890. The number of aromatic nitrogens is 2. The molecule has 0 unspecified atom stereocenters. The van der Waals surface area contributed by atoms with E-state index in [1.807, 2.05) is 33.7 Å². The van der Waals surface area contributed by atoms with Crippen LogP contribution in [0, 0.1) is 13.8 Å². The molecule has 1 aliphatic heterocycles. The molecule has 0 aliphatic carbocycles. The Morgan fingerprint density at radius 2 is 1.81 bits per heavy atom. The van der Waals surface area contributed by atoms with Crippen LogP contribution in [0.5, 0.6) is 0 Å². The molecule has 0 saturated carbocycles. The van der Waals surface area contributed by atoms with E-state index in [-0.39, 0.29) is 5.91 Å². The van der Waals surface area contributed by atoms with Gasteiger partial charge in [-0.2, -0.15) is 0 Å². The average Bonchev–Trinajstić information content (AvgIpc) is 3.08. The first-order valence-electron chi connectivity index (χ1n) is 9.66. The van der Waals surface area contributed by atoms with Gasteiger partial charge in [0.25, 0.3) is 5.91 Å². The molecule has 5 heteroatoms. The molecule has 4 rings (SSSR count). The van der Waals surface area contributed by atoms with E-state index in [0.717, 1.165) is 43.9 Å². The topological polar surface area (TPSA) is 40.9 Å². The zero-order valence-electron chi connectivity index (χ0n) is 16.3. The summed E-state index contributed by atoms with van der Waals surface area (Å²) in [5.74, 6) is 0.0890. The fourth-order valence-electron chi connectivity index (χ4n) is 3.90. The quantitative estimate of drug-likeness (QED) is 0.716. The van der Waals surface area contributed by atoms with E-state index in [9.17, 15) is 4.79 Å². The first-order chi connectivity index (χ1) is 13.1. The lowest BCUT2D eigenvalue weighted by molar-refractivity contribution is 0.0738. The molecule has 1 fully saturated rings. The van der Waals surface area contributed by atoms with Crippen LogP contribution in [-0.4, -0.2) is 46.4 Å². The number of aryl methyl sites for hydroxylation is 2. The number of hydrogen-bond donors (Lipinski definition) is 0. The Kier molecular flexibility index (Phi) is 4.60. The lowest BCUT2D eigenvalue weighted by atomic mass is 10.1. The van der Waals surface area contributed by atoms with E-state index < -0.39 is 0 Å². The summed E-state index contributed by atoms with van der Waals surface area (Å²) in [6, 6.07) is 12.3. The molecule has 3 heterocycles. The summed E-state index contributed by atoms with van der Waals surface area (Å²) in [4.78, 5) is 22.3. The fraction of sp³-hybridized carbons (Fsp3) is 0.364. The van der Waals surface area contributed by atoms with Crippen molar-refractivity contribution in [2.45, 2.75) is 27.2 Å². The molecule has 0 radical (unpaired) electrons. The van der Waals surface area contributed by atoms with E-state index in [1.54, 1.807) is 0 Å². The molecule has 1 saturated heterocycles. The average molecular weight is 362 g/mol. The summed E-state index contributed by atoms with van der Waals surface area (Å²) < 4.78 is 1.93. The summed E-state index contributed by atoms with van der Waals surface area (Å²) in [7, 11) is 0. The van der Waals surface area contributed by atoms with Crippen molar-refractivity contribution < 1.29 is 4.79 Å². The van der Waals surface area contributed by atoms with E-state index in [4.69, 9.17) is 0 Å². The number of fused-ring (bicyclic) bond motifs is 1. The van der Waals surface area contributed by atoms with Gasteiger partial charge in [0, 0.05) is 38.1 Å². The van der Waals surface area contributed by atoms with E-state index >= 15 is 0 Å². The second-order valence-electron chi connectivity index (χ2n) is 7.19. The number of anilines is 1. The van der Waals surface area contributed by atoms with E-state index in [1.165, 1.54) is 16.8 Å². The van der Waals surface area contributed by atoms with Crippen molar-refractivity contribution >= 4 is 17.2 Å². The molecular formula is C22H26N4O. The Balaban J connectivity index is 1.55. The highest BCUT2D eigenvalue weighted by Gasteiger charge is 2.27. The first-order valence-corrected chi connectivity index (χ1v) is 9.66. The summed E-state index contributed by atoms with van der Waals surface area (Å²) in [5, 5.41) is 0. The van der Waals surface area contributed by atoms with Gasteiger partial charge in [0.15, 0.2) is 0 Å². The second-order valence-corrected chi connectivity index (χ2v) is 7.19. The maximum atomic E-state index is 13.3. The molecule has 5 nitrogen and oxygen atoms in total. The maximum absolute atomic E-state index is 13.3. The monoisotopic (exact) mass is 362 g/mol. The van der Waals surface area contributed by atoms with Crippen LogP contribution < -0.4 is 4.90 Å². The molecule has 0 bridgehead atoms. The summed E-state index contributed by atoms with van der Waals surface area (Å²) >= 11 is 0. The van der Waals surface area contributed by atoms with Crippen molar-refractivity contribution in [3.05, 3.63) is 65.1 Å². The smallest absolute Gasteiger partial charge is 0.272 e. The van der Waals surface area contributed by atoms with Crippen LogP contribution in [0.3, 0.4) is 0 Å². The number of carbonyl (C=O) groups excluding carboxylic acids is 1. The predicted molar refractivity (Wildman–Crippen MR) is 109 cm³/mol. The van der Waals surface area contributed by atoms with Crippen molar-refractivity contribution in [1.29, 1.82) is 0 Å². The maximum Gasteiger partial charge on any atom is 0.272 e. The van der Waals surface area contributed by atoms with E-state index in [0.29, 0.717) is 5.69 Å². The number of amides is 1. The van der Waals surface area contributed by atoms with Crippen LogP contribution in [-0.2, 0) is 6.42 Å². The van der Waals surface area contributed by atoms with Gasteiger partial charge < -0.3 is 9.80 Å². The Morgan fingerprint density at radius 3 is 2.56 bits per heavy atom. The number of carbonyl (C=O) groups is 1. The van der Waals surface area contributed by atoms with Crippen molar-refractivity contribution in [3.8, 4) is 0 Å². The van der Waals surface area contributed by atoms with Gasteiger partial charge in [-0.05, 0) is 49.6 Å². The fourth-order valence-corrected chi connectivity index (χ4v) is 3.90. The molecule has 0 N–H and O–H groups in total. The normalized spacial score (nSPS) is 14.8. The third-order valence-corrected chi connectivity index (χ3v) is 5.62. The number of benzene rings is 1. The Labute approximate surface area is 160 Å². The third kappa shape index (κ3) is 3.07. The predicted octanol–water partition coefficient (Wildman–Crippen LogP) is 3.48. The molecule has 1 amide bonds. The van der Waals surface area contributed by atoms with Gasteiger partial charge in [-0.3, -0.25) is 9.20 Å². The number of imidazole rings is 1. The van der Waals surface area contributed by atoms with Gasteiger partial charge in [-0.1, -0.05) is 25.1 Å². The van der Waals surface area contributed by atoms with Gasteiger partial charge in [-0.15, -0.1) is 0 Å². The molecule has 140 valence electrons. The molecule has 3 aromatic rings. The van der Waals surface area contributed by atoms with Gasteiger partial charge >= 0.3 is 0 Å². The Bertz CT molecular complexity index is 983. The van der Waals surface area contributed by atoms with Crippen LogP contribution in [0.25, 0.3) is 5.65 Å². The van der Waals surface area contributed by atoms with Crippen molar-refractivity contribution in [2.75, 3.05) is 31.1 Å². The highest BCUT2D eigenvalue weighted by Crippen LogP contribution is 2.24. The molecule has 2 aromatic heterocycles. The van der Waals surface area contributed by atoms with Crippen LogP contribution in [0.1, 0.15) is 34.2 Å². The molecule has 1 aliphatic rings. The lowest BCUT2D eigenvalue weighted by Gasteiger charge is -2.37.